The van der Waals surface area contributed by atoms with Crippen LogP contribution >= 0.6 is 0 Å². The van der Waals surface area contributed by atoms with Gasteiger partial charge in [0.2, 0.25) is 11.8 Å². The Hall–Kier alpha value is -2.04. The number of aliphatic hydroxyl groups excluding tert-OH is 1. The number of nitrogens with zero attached hydrogens (tertiary/aromatic N) is 6. The molecule has 1 aromatic rings. The van der Waals surface area contributed by atoms with Gasteiger partial charge in [-0.2, -0.15) is 0 Å². The van der Waals surface area contributed by atoms with Crippen LogP contribution < -0.4 is 0 Å². The molecule has 0 bridgehead atoms. The Balaban J connectivity index is 2.15. The van der Waals surface area contributed by atoms with Crippen molar-refractivity contribution in [3.8, 4) is 0 Å². The van der Waals surface area contributed by atoms with Crippen LogP contribution in [0.25, 0.3) is 0 Å². The number of carbonyl (C=O) groups excluding carboxylic acids is 2. The first-order valence-corrected chi connectivity index (χ1v) is 11.5. The molecule has 0 aliphatic carbocycles. The van der Waals surface area contributed by atoms with E-state index in [4.69, 9.17) is 4.74 Å². The Morgan fingerprint density at radius 1 is 1.38 bits per heavy atom. The van der Waals surface area contributed by atoms with Crippen molar-refractivity contribution in [1.29, 1.82) is 0 Å². The largest absolute Gasteiger partial charge is 0.394 e. The smallest absolute Gasteiger partial charge is 0.222 e. The van der Waals surface area contributed by atoms with Gasteiger partial charge in [0, 0.05) is 45.4 Å². The maximum atomic E-state index is 12.9. The molecule has 0 unspecified atom stereocenters. The lowest BCUT2D eigenvalue weighted by molar-refractivity contribution is -0.138. The van der Waals surface area contributed by atoms with E-state index in [1.807, 2.05) is 27.9 Å². The Morgan fingerprint density at radius 2 is 2.12 bits per heavy atom. The highest BCUT2D eigenvalue weighted by atomic mass is 16.5. The highest BCUT2D eigenvalue weighted by molar-refractivity contribution is 5.76. The van der Waals surface area contributed by atoms with E-state index >= 15 is 0 Å². The van der Waals surface area contributed by atoms with Crippen molar-refractivity contribution < 1.29 is 19.4 Å². The molecule has 1 aliphatic rings. The summed E-state index contributed by atoms with van der Waals surface area (Å²) in [4.78, 5) is 31.1. The maximum Gasteiger partial charge on any atom is 0.222 e. The Labute approximate surface area is 191 Å². The number of carbonyl (C=O) groups is 2. The number of amides is 2. The standard InChI is InChI=1S/C22H40N6O4/c1-17-13-27(18(2)15-29)22(31)9-7-11-28-19(12-23-24-28)16-32-20(17)14-26(5)21(30)8-6-10-25(3)4/h12,17-18,20,29H,6-11,13-16H2,1-5H3/t17-,18+,20+/m0/s1. The van der Waals surface area contributed by atoms with Gasteiger partial charge in [-0.3, -0.25) is 9.59 Å². The summed E-state index contributed by atoms with van der Waals surface area (Å²) in [6.45, 7) is 6.46. The maximum absolute atomic E-state index is 12.9. The Morgan fingerprint density at radius 3 is 2.81 bits per heavy atom. The quantitative estimate of drug-likeness (QED) is 0.616. The number of aryl methyl sites for hydroxylation is 1. The fourth-order valence-corrected chi connectivity index (χ4v) is 3.86. The zero-order chi connectivity index (χ0) is 23.7. The molecule has 1 aliphatic heterocycles. The number of fused-ring (bicyclic) bond motifs is 1. The van der Waals surface area contributed by atoms with Crippen LogP contribution in [0.4, 0.5) is 0 Å². The van der Waals surface area contributed by atoms with Gasteiger partial charge >= 0.3 is 0 Å². The number of likely N-dealkylation sites (N-methyl/N-ethyl adjacent to an activating group) is 1. The molecule has 3 atom stereocenters. The molecule has 2 rings (SSSR count). The topological polar surface area (TPSA) is 104 Å². The van der Waals surface area contributed by atoms with Crippen molar-refractivity contribution in [3.63, 3.8) is 0 Å². The summed E-state index contributed by atoms with van der Waals surface area (Å²) in [6, 6.07) is -0.277. The first-order valence-electron chi connectivity index (χ1n) is 11.5. The van der Waals surface area contributed by atoms with Gasteiger partial charge in [-0.1, -0.05) is 12.1 Å². The minimum Gasteiger partial charge on any atom is -0.394 e. The van der Waals surface area contributed by atoms with Crippen molar-refractivity contribution in [3.05, 3.63) is 11.9 Å². The van der Waals surface area contributed by atoms with E-state index in [1.54, 1.807) is 27.7 Å². The summed E-state index contributed by atoms with van der Waals surface area (Å²) in [5.41, 5.74) is 0.857. The summed E-state index contributed by atoms with van der Waals surface area (Å²) in [7, 11) is 5.79. The zero-order valence-corrected chi connectivity index (χ0v) is 20.2. The third kappa shape index (κ3) is 7.83. The molecule has 10 heteroatoms. The second kappa shape index (κ2) is 12.9. The number of hydrogen-bond donors (Lipinski definition) is 1. The SMILES string of the molecule is C[C@H](CO)N1C[C@H](C)[C@@H](CN(C)C(=O)CCCN(C)C)OCc2cnnn2CCCC1=O. The van der Waals surface area contributed by atoms with Gasteiger partial charge in [0.05, 0.1) is 37.3 Å². The van der Waals surface area contributed by atoms with E-state index in [1.165, 1.54) is 0 Å². The summed E-state index contributed by atoms with van der Waals surface area (Å²) >= 11 is 0. The van der Waals surface area contributed by atoms with Crippen molar-refractivity contribution in [2.75, 3.05) is 47.4 Å². The average molecular weight is 453 g/mol. The molecule has 1 N–H and O–H groups in total. The molecule has 1 aromatic heterocycles. The van der Waals surface area contributed by atoms with E-state index in [2.05, 4.69) is 15.2 Å². The predicted octanol–water partition coefficient (Wildman–Crippen LogP) is 0.603. The zero-order valence-electron chi connectivity index (χ0n) is 20.2. The summed E-state index contributed by atoms with van der Waals surface area (Å²) in [5.74, 6) is 0.0540. The van der Waals surface area contributed by atoms with Crippen LogP contribution in [0, 0.1) is 5.92 Å². The van der Waals surface area contributed by atoms with Crippen molar-refractivity contribution in [1.82, 2.24) is 29.7 Å². The molecule has 182 valence electrons. The summed E-state index contributed by atoms with van der Waals surface area (Å²) < 4.78 is 8.04. The van der Waals surface area contributed by atoms with Gasteiger partial charge in [0.25, 0.3) is 0 Å². The first-order chi connectivity index (χ1) is 15.2. The highest BCUT2D eigenvalue weighted by Crippen LogP contribution is 2.18. The molecule has 0 saturated carbocycles. The molecule has 0 fully saturated rings. The number of aromatic nitrogens is 3. The van der Waals surface area contributed by atoms with Gasteiger partial charge in [0.15, 0.2) is 0 Å². The lowest BCUT2D eigenvalue weighted by Gasteiger charge is -2.35. The van der Waals surface area contributed by atoms with Crippen LogP contribution in [0.3, 0.4) is 0 Å². The van der Waals surface area contributed by atoms with Gasteiger partial charge in [-0.05, 0) is 40.4 Å². The van der Waals surface area contributed by atoms with Crippen molar-refractivity contribution >= 4 is 11.8 Å². The molecule has 2 heterocycles. The van der Waals surface area contributed by atoms with Crippen LogP contribution in [0.2, 0.25) is 0 Å². The highest BCUT2D eigenvalue weighted by Gasteiger charge is 2.29. The van der Waals surface area contributed by atoms with E-state index in [0.29, 0.717) is 45.5 Å². The predicted molar refractivity (Wildman–Crippen MR) is 121 cm³/mol. The fourth-order valence-electron chi connectivity index (χ4n) is 3.86. The van der Waals surface area contributed by atoms with E-state index in [0.717, 1.165) is 18.7 Å². The number of hydrogen-bond acceptors (Lipinski definition) is 7. The van der Waals surface area contributed by atoms with Crippen LogP contribution in [-0.2, 0) is 27.5 Å². The number of ether oxygens (including phenoxy) is 1. The van der Waals surface area contributed by atoms with Gasteiger partial charge < -0.3 is 24.5 Å². The molecule has 0 saturated heterocycles. The molecular weight excluding hydrogens is 412 g/mol. The third-order valence-electron chi connectivity index (χ3n) is 6.02. The van der Waals surface area contributed by atoms with E-state index in [9.17, 15) is 14.7 Å². The van der Waals surface area contributed by atoms with Gasteiger partial charge in [-0.25, -0.2) is 4.68 Å². The molecule has 0 radical (unpaired) electrons. The lowest BCUT2D eigenvalue weighted by atomic mass is 10.0. The van der Waals surface area contributed by atoms with Crippen LogP contribution in [0.15, 0.2) is 6.20 Å². The molecule has 2 amide bonds. The monoisotopic (exact) mass is 452 g/mol. The van der Waals surface area contributed by atoms with Crippen LogP contribution in [0.5, 0.6) is 0 Å². The third-order valence-corrected chi connectivity index (χ3v) is 6.02. The summed E-state index contributed by atoms with van der Waals surface area (Å²) in [5, 5.41) is 17.8. The lowest BCUT2D eigenvalue weighted by Crippen LogP contribution is -2.48. The molecule has 10 nitrogen and oxygen atoms in total. The Kier molecular flexibility index (Phi) is 10.5. The second-order valence-corrected chi connectivity index (χ2v) is 9.14. The molecule has 0 spiro atoms. The summed E-state index contributed by atoms with van der Waals surface area (Å²) in [6.07, 6.45) is 3.72. The Bertz CT molecular complexity index is 725. The second-order valence-electron chi connectivity index (χ2n) is 9.14. The molecular formula is C22H40N6O4. The van der Waals surface area contributed by atoms with Crippen molar-refractivity contribution in [2.45, 2.75) is 64.8 Å². The normalized spacial score (nSPS) is 21.6. The minimum absolute atomic E-state index is 0.00695. The first kappa shape index (κ1) is 26.2. The number of rotatable bonds is 8. The van der Waals surface area contributed by atoms with Crippen LogP contribution in [-0.4, -0.2) is 106 Å². The van der Waals surface area contributed by atoms with E-state index in [-0.39, 0.29) is 36.5 Å². The van der Waals surface area contributed by atoms with Gasteiger partial charge in [0.1, 0.15) is 0 Å². The van der Waals surface area contributed by atoms with Crippen molar-refractivity contribution in [2.24, 2.45) is 5.92 Å². The molecule has 0 aromatic carbocycles. The minimum atomic E-state index is -0.277. The van der Waals surface area contributed by atoms with Crippen LogP contribution in [0.1, 0.15) is 45.2 Å². The average Bonchev–Trinajstić information content (AvgIpc) is 3.19. The van der Waals surface area contributed by atoms with E-state index < -0.39 is 0 Å². The molecule has 32 heavy (non-hydrogen) atoms. The number of aliphatic hydroxyl groups is 1. The fraction of sp³-hybridized carbons (Fsp3) is 0.818. The van der Waals surface area contributed by atoms with Gasteiger partial charge in [-0.15, -0.1) is 5.10 Å².